The van der Waals surface area contributed by atoms with Crippen molar-refractivity contribution < 1.29 is 19.1 Å². The van der Waals surface area contributed by atoms with Crippen LogP contribution in [0.4, 0.5) is 5.69 Å². The van der Waals surface area contributed by atoms with Gasteiger partial charge in [-0.2, -0.15) is 0 Å². The zero-order valence-corrected chi connectivity index (χ0v) is 16.3. The second-order valence-electron chi connectivity index (χ2n) is 5.85. The summed E-state index contributed by atoms with van der Waals surface area (Å²) < 4.78 is 4.83. The number of hydrogen-bond donors (Lipinski definition) is 2. The van der Waals surface area contributed by atoms with Gasteiger partial charge in [-0.1, -0.05) is 29.3 Å². The van der Waals surface area contributed by atoms with Crippen molar-refractivity contribution in [3.63, 3.8) is 0 Å². The second-order valence-corrected chi connectivity index (χ2v) is 6.72. The summed E-state index contributed by atoms with van der Waals surface area (Å²) in [5.74, 6) is -1.68. The standard InChI is InChI=1S/C19H18Cl2N2O4/c1-11-3-4-13(5-12(11)2)19(26)22-9-18(25)27-10-17(24)23-16-7-14(20)6-15(21)8-16/h3-8H,9-10H2,1-2H3,(H,22,26)(H,23,24). The van der Waals surface area contributed by atoms with Crippen LogP contribution >= 0.6 is 23.2 Å². The summed E-state index contributed by atoms with van der Waals surface area (Å²) >= 11 is 11.7. The van der Waals surface area contributed by atoms with Crippen molar-refractivity contribution >= 4 is 46.7 Å². The second kappa shape index (κ2) is 9.39. The first-order chi connectivity index (χ1) is 12.7. The first kappa shape index (κ1) is 20.7. The molecule has 2 amide bonds. The normalized spacial score (nSPS) is 10.2. The van der Waals surface area contributed by atoms with Gasteiger partial charge in [0.25, 0.3) is 11.8 Å². The van der Waals surface area contributed by atoms with Gasteiger partial charge in [0, 0.05) is 21.3 Å². The Bertz CT molecular complexity index is 864. The summed E-state index contributed by atoms with van der Waals surface area (Å²) in [4.78, 5) is 35.5. The van der Waals surface area contributed by atoms with Crippen LogP contribution in [0.5, 0.6) is 0 Å². The zero-order valence-electron chi connectivity index (χ0n) is 14.8. The van der Waals surface area contributed by atoms with Gasteiger partial charge in [-0.15, -0.1) is 0 Å². The van der Waals surface area contributed by atoms with E-state index in [2.05, 4.69) is 10.6 Å². The molecule has 0 fully saturated rings. The summed E-state index contributed by atoms with van der Waals surface area (Å²) in [7, 11) is 0. The number of amides is 2. The number of anilines is 1. The maximum absolute atomic E-state index is 12.0. The molecule has 0 aliphatic heterocycles. The quantitative estimate of drug-likeness (QED) is 0.716. The number of carbonyl (C=O) groups excluding carboxylic acids is 3. The van der Waals surface area contributed by atoms with E-state index in [1.54, 1.807) is 12.1 Å². The Labute approximate surface area is 166 Å². The number of ether oxygens (including phenoxy) is 1. The Kier molecular flexibility index (Phi) is 7.21. The monoisotopic (exact) mass is 408 g/mol. The molecule has 0 spiro atoms. The molecule has 2 rings (SSSR count). The average molecular weight is 409 g/mol. The molecular formula is C19H18Cl2N2O4. The van der Waals surface area contributed by atoms with Crippen molar-refractivity contribution in [2.75, 3.05) is 18.5 Å². The van der Waals surface area contributed by atoms with Crippen LogP contribution in [0.25, 0.3) is 0 Å². The minimum absolute atomic E-state index is 0.345. The van der Waals surface area contributed by atoms with Gasteiger partial charge in [0.2, 0.25) is 0 Å². The number of rotatable bonds is 6. The highest BCUT2D eigenvalue weighted by Crippen LogP contribution is 2.22. The SMILES string of the molecule is Cc1ccc(C(=O)NCC(=O)OCC(=O)Nc2cc(Cl)cc(Cl)c2)cc1C. The lowest BCUT2D eigenvalue weighted by atomic mass is 10.1. The van der Waals surface area contributed by atoms with Crippen molar-refractivity contribution in [2.24, 2.45) is 0 Å². The number of aryl methyl sites for hydroxylation is 2. The van der Waals surface area contributed by atoms with Crippen LogP contribution < -0.4 is 10.6 Å². The van der Waals surface area contributed by atoms with E-state index < -0.39 is 24.4 Å². The predicted octanol–water partition coefficient (Wildman–Crippen LogP) is 3.52. The molecule has 0 radical (unpaired) electrons. The molecule has 0 atom stereocenters. The predicted molar refractivity (Wildman–Crippen MR) is 104 cm³/mol. The van der Waals surface area contributed by atoms with E-state index in [9.17, 15) is 14.4 Å². The highest BCUT2D eigenvalue weighted by atomic mass is 35.5. The molecule has 0 bridgehead atoms. The van der Waals surface area contributed by atoms with Crippen molar-refractivity contribution in [2.45, 2.75) is 13.8 Å². The number of hydrogen-bond acceptors (Lipinski definition) is 4. The summed E-state index contributed by atoms with van der Waals surface area (Å²) in [6.07, 6.45) is 0. The molecule has 142 valence electrons. The number of halogens is 2. The van der Waals surface area contributed by atoms with Crippen LogP contribution in [0, 0.1) is 13.8 Å². The molecule has 0 saturated heterocycles. The zero-order chi connectivity index (χ0) is 20.0. The fraction of sp³-hybridized carbons (Fsp3) is 0.211. The summed E-state index contributed by atoms with van der Waals surface area (Å²) in [6.45, 7) is 2.99. The van der Waals surface area contributed by atoms with Crippen LogP contribution in [0.3, 0.4) is 0 Å². The van der Waals surface area contributed by atoms with Gasteiger partial charge in [-0.3, -0.25) is 14.4 Å². The molecule has 0 unspecified atom stereocenters. The molecule has 0 aliphatic rings. The maximum atomic E-state index is 12.0. The van der Waals surface area contributed by atoms with Crippen LogP contribution in [-0.2, 0) is 14.3 Å². The van der Waals surface area contributed by atoms with Gasteiger partial charge < -0.3 is 15.4 Å². The van der Waals surface area contributed by atoms with Crippen molar-refractivity contribution in [1.29, 1.82) is 0 Å². The minimum atomic E-state index is -0.730. The van der Waals surface area contributed by atoms with Crippen molar-refractivity contribution in [3.05, 3.63) is 63.1 Å². The summed E-state index contributed by atoms with van der Waals surface area (Å²) in [5.41, 5.74) is 2.87. The fourth-order valence-corrected chi connectivity index (χ4v) is 2.68. The average Bonchev–Trinajstić information content (AvgIpc) is 2.59. The smallest absolute Gasteiger partial charge is 0.325 e. The van der Waals surface area contributed by atoms with Gasteiger partial charge in [0.15, 0.2) is 6.61 Å². The Morgan fingerprint density at radius 1 is 0.963 bits per heavy atom. The first-order valence-corrected chi connectivity index (χ1v) is 8.77. The van der Waals surface area contributed by atoms with Crippen molar-refractivity contribution in [3.8, 4) is 0 Å². The summed E-state index contributed by atoms with van der Waals surface area (Å²) in [6, 6.07) is 9.78. The highest BCUT2D eigenvalue weighted by molar-refractivity contribution is 6.35. The third-order valence-electron chi connectivity index (χ3n) is 3.67. The highest BCUT2D eigenvalue weighted by Gasteiger charge is 2.12. The van der Waals surface area contributed by atoms with E-state index >= 15 is 0 Å². The van der Waals surface area contributed by atoms with Crippen LogP contribution in [0.2, 0.25) is 10.0 Å². The third kappa shape index (κ3) is 6.58. The topological polar surface area (TPSA) is 84.5 Å². The molecule has 2 N–H and O–H groups in total. The molecule has 27 heavy (non-hydrogen) atoms. The van der Waals surface area contributed by atoms with Gasteiger partial charge in [-0.25, -0.2) is 0 Å². The number of benzene rings is 2. The van der Waals surface area contributed by atoms with E-state index in [1.165, 1.54) is 18.2 Å². The number of nitrogens with one attached hydrogen (secondary N) is 2. The molecule has 0 aromatic heterocycles. The first-order valence-electron chi connectivity index (χ1n) is 8.01. The van der Waals surface area contributed by atoms with E-state index in [-0.39, 0.29) is 6.54 Å². The number of esters is 1. The van der Waals surface area contributed by atoms with Gasteiger partial charge in [-0.05, 0) is 55.3 Å². The lowest BCUT2D eigenvalue weighted by molar-refractivity contribution is -0.146. The molecule has 2 aromatic carbocycles. The maximum Gasteiger partial charge on any atom is 0.325 e. The van der Waals surface area contributed by atoms with Gasteiger partial charge in [0.1, 0.15) is 6.54 Å². The van der Waals surface area contributed by atoms with Crippen LogP contribution in [0.1, 0.15) is 21.5 Å². The van der Waals surface area contributed by atoms with E-state index in [0.717, 1.165) is 11.1 Å². The Morgan fingerprint density at radius 3 is 2.26 bits per heavy atom. The Hall–Kier alpha value is -2.57. The van der Waals surface area contributed by atoms with E-state index in [1.807, 2.05) is 19.9 Å². The molecular weight excluding hydrogens is 391 g/mol. The number of carbonyl (C=O) groups is 3. The van der Waals surface area contributed by atoms with Gasteiger partial charge >= 0.3 is 5.97 Å². The molecule has 2 aromatic rings. The lowest BCUT2D eigenvalue weighted by Gasteiger charge is -2.09. The van der Waals surface area contributed by atoms with Crippen molar-refractivity contribution in [1.82, 2.24) is 5.32 Å². The molecule has 0 aliphatic carbocycles. The summed E-state index contributed by atoms with van der Waals surface area (Å²) in [5, 5.41) is 5.69. The van der Waals surface area contributed by atoms with Crippen LogP contribution in [0.15, 0.2) is 36.4 Å². The lowest BCUT2D eigenvalue weighted by Crippen LogP contribution is -2.32. The Balaban J connectivity index is 1.77. The van der Waals surface area contributed by atoms with E-state index in [4.69, 9.17) is 27.9 Å². The Morgan fingerprint density at radius 2 is 1.63 bits per heavy atom. The molecule has 6 nitrogen and oxygen atoms in total. The minimum Gasteiger partial charge on any atom is -0.454 e. The largest absolute Gasteiger partial charge is 0.454 e. The van der Waals surface area contributed by atoms with Gasteiger partial charge in [0.05, 0.1) is 0 Å². The fourth-order valence-electron chi connectivity index (χ4n) is 2.16. The molecule has 0 heterocycles. The third-order valence-corrected chi connectivity index (χ3v) is 4.11. The molecule has 8 heteroatoms. The van der Waals surface area contributed by atoms with E-state index in [0.29, 0.717) is 21.3 Å². The van der Waals surface area contributed by atoms with Crippen LogP contribution in [-0.4, -0.2) is 30.9 Å². The molecule has 0 saturated carbocycles.